The maximum Gasteiger partial charge on any atom is 0.120 e. The third-order valence-corrected chi connectivity index (χ3v) is 3.72. The number of rotatable bonds is 7. The Balaban J connectivity index is 1.80. The van der Waals surface area contributed by atoms with E-state index in [4.69, 9.17) is 4.74 Å². The first-order chi connectivity index (χ1) is 10.2. The number of methoxy groups -OCH3 is 1. The van der Waals surface area contributed by atoms with E-state index in [2.05, 4.69) is 36.5 Å². The van der Waals surface area contributed by atoms with E-state index in [9.17, 15) is 5.11 Å². The minimum Gasteiger partial charge on any atom is -0.508 e. The van der Waals surface area contributed by atoms with E-state index in [1.807, 2.05) is 12.1 Å². The molecular formula is C18H23NO2. The van der Waals surface area contributed by atoms with Gasteiger partial charge in [0, 0.05) is 12.1 Å². The fraction of sp³-hybridized carbons (Fsp3) is 0.333. The average Bonchev–Trinajstić information content (AvgIpc) is 2.53. The molecule has 0 aromatic heterocycles. The number of nitrogens with one attached hydrogen (secondary N) is 1. The highest BCUT2D eigenvalue weighted by atomic mass is 16.5. The Morgan fingerprint density at radius 1 is 1.14 bits per heavy atom. The second kappa shape index (κ2) is 7.70. The number of phenolic OH excluding ortho intramolecular Hbond substituents is 1. The molecule has 0 aliphatic heterocycles. The monoisotopic (exact) mass is 285 g/mol. The van der Waals surface area contributed by atoms with Crippen molar-refractivity contribution in [1.82, 2.24) is 5.32 Å². The van der Waals surface area contributed by atoms with E-state index in [1.165, 1.54) is 5.56 Å². The molecule has 3 heteroatoms. The number of ether oxygens (including phenoxy) is 1. The van der Waals surface area contributed by atoms with Crippen molar-refractivity contribution < 1.29 is 9.84 Å². The van der Waals surface area contributed by atoms with Gasteiger partial charge in [0.25, 0.3) is 0 Å². The van der Waals surface area contributed by atoms with E-state index in [0.717, 1.165) is 24.3 Å². The zero-order chi connectivity index (χ0) is 15.1. The van der Waals surface area contributed by atoms with E-state index >= 15 is 0 Å². The van der Waals surface area contributed by atoms with Crippen molar-refractivity contribution in [3.8, 4) is 11.5 Å². The molecule has 0 saturated heterocycles. The number of hydrogen-bond donors (Lipinski definition) is 2. The first-order valence-corrected chi connectivity index (χ1v) is 7.32. The van der Waals surface area contributed by atoms with Gasteiger partial charge in [-0.2, -0.15) is 0 Å². The molecule has 0 spiro atoms. The molecule has 0 radical (unpaired) electrons. The van der Waals surface area contributed by atoms with Gasteiger partial charge in [-0.25, -0.2) is 0 Å². The van der Waals surface area contributed by atoms with Crippen molar-refractivity contribution in [1.29, 1.82) is 0 Å². The van der Waals surface area contributed by atoms with Crippen molar-refractivity contribution in [2.45, 2.75) is 25.8 Å². The summed E-state index contributed by atoms with van der Waals surface area (Å²) in [6.07, 6.45) is 1.06. The normalized spacial score (nSPS) is 12.1. The van der Waals surface area contributed by atoms with Crippen LogP contribution in [0.5, 0.6) is 11.5 Å². The quantitative estimate of drug-likeness (QED) is 0.762. The van der Waals surface area contributed by atoms with Crippen molar-refractivity contribution in [2.24, 2.45) is 0 Å². The summed E-state index contributed by atoms with van der Waals surface area (Å²) in [6.45, 7) is 3.79. The van der Waals surface area contributed by atoms with Gasteiger partial charge in [-0.1, -0.05) is 37.3 Å². The zero-order valence-corrected chi connectivity index (χ0v) is 12.7. The van der Waals surface area contributed by atoms with Gasteiger partial charge in [-0.3, -0.25) is 0 Å². The molecule has 0 fully saturated rings. The van der Waals surface area contributed by atoms with Crippen LogP contribution in [0, 0.1) is 0 Å². The predicted molar refractivity (Wildman–Crippen MR) is 85.8 cm³/mol. The minimum absolute atomic E-state index is 0.305. The molecule has 2 aromatic rings. The van der Waals surface area contributed by atoms with Crippen LogP contribution in [0.2, 0.25) is 0 Å². The summed E-state index contributed by atoms with van der Waals surface area (Å²) in [5.74, 6) is 1.60. The Hall–Kier alpha value is -2.00. The minimum atomic E-state index is 0.305. The number of phenols is 1. The fourth-order valence-electron chi connectivity index (χ4n) is 2.32. The third kappa shape index (κ3) is 4.50. The highest BCUT2D eigenvalue weighted by molar-refractivity contribution is 5.39. The van der Waals surface area contributed by atoms with Gasteiger partial charge >= 0.3 is 0 Å². The second-order valence-corrected chi connectivity index (χ2v) is 5.27. The molecule has 1 atom stereocenters. The second-order valence-electron chi connectivity index (χ2n) is 5.27. The van der Waals surface area contributed by atoms with Crippen LogP contribution in [0.4, 0.5) is 0 Å². The lowest BCUT2D eigenvalue weighted by Gasteiger charge is -2.13. The molecular weight excluding hydrogens is 262 g/mol. The van der Waals surface area contributed by atoms with E-state index in [1.54, 1.807) is 19.2 Å². The lowest BCUT2D eigenvalue weighted by atomic mass is 9.98. The molecule has 112 valence electrons. The third-order valence-electron chi connectivity index (χ3n) is 3.72. The van der Waals surface area contributed by atoms with Crippen LogP contribution < -0.4 is 10.1 Å². The van der Waals surface area contributed by atoms with Crippen molar-refractivity contribution in [3.63, 3.8) is 0 Å². The largest absolute Gasteiger partial charge is 0.508 e. The molecule has 2 N–H and O–H groups in total. The van der Waals surface area contributed by atoms with Crippen molar-refractivity contribution >= 4 is 0 Å². The molecule has 1 unspecified atom stereocenters. The van der Waals surface area contributed by atoms with Gasteiger partial charge in [0.2, 0.25) is 0 Å². The summed E-state index contributed by atoms with van der Waals surface area (Å²) in [4.78, 5) is 0. The highest BCUT2D eigenvalue weighted by Crippen LogP contribution is 2.23. The fourth-order valence-corrected chi connectivity index (χ4v) is 2.32. The first kappa shape index (κ1) is 15.4. The molecule has 0 amide bonds. The lowest BCUT2D eigenvalue weighted by molar-refractivity contribution is 0.410. The predicted octanol–water partition coefficient (Wildman–Crippen LogP) is 3.68. The molecule has 2 rings (SSSR count). The Kier molecular flexibility index (Phi) is 5.64. The Labute approximate surface area is 126 Å². The van der Waals surface area contributed by atoms with E-state index in [-0.39, 0.29) is 0 Å². The Morgan fingerprint density at radius 3 is 2.62 bits per heavy atom. The molecule has 0 aliphatic rings. The summed E-state index contributed by atoms with van der Waals surface area (Å²) >= 11 is 0. The van der Waals surface area contributed by atoms with Crippen LogP contribution in [0.3, 0.4) is 0 Å². The summed E-state index contributed by atoms with van der Waals surface area (Å²) in [6, 6.07) is 15.8. The lowest BCUT2D eigenvalue weighted by Crippen LogP contribution is -2.16. The molecule has 0 saturated carbocycles. The number of aromatic hydroxyl groups is 1. The van der Waals surface area contributed by atoms with Gasteiger partial charge < -0.3 is 15.2 Å². The summed E-state index contributed by atoms with van der Waals surface area (Å²) in [7, 11) is 1.63. The molecule has 21 heavy (non-hydrogen) atoms. The van der Waals surface area contributed by atoms with Crippen LogP contribution in [-0.2, 0) is 6.54 Å². The standard InChI is InChI=1S/C18H23NO2/c1-14(15-6-4-3-5-7-15)10-11-19-13-16-12-17(21-2)8-9-18(16)20/h3-9,12,14,19-20H,10-11,13H2,1-2H3. The summed E-state index contributed by atoms with van der Waals surface area (Å²) in [5, 5.41) is 13.2. The number of hydrogen-bond acceptors (Lipinski definition) is 3. The summed E-state index contributed by atoms with van der Waals surface area (Å²) in [5.41, 5.74) is 2.23. The topological polar surface area (TPSA) is 41.5 Å². The van der Waals surface area contributed by atoms with Crippen molar-refractivity contribution in [2.75, 3.05) is 13.7 Å². The molecule has 0 heterocycles. The average molecular weight is 285 g/mol. The van der Waals surface area contributed by atoms with Crippen LogP contribution in [0.15, 0.2) is 48.5 Å². The highest BCUT2D eigenvalue weighted by Gasteiger charge is 2.06. The first-order valence-electron chi connectivity index (χ1n) is 7.32. The van der Waals surface area contributed by atoms with Gasteiger partial charge in [-0.05, 0) is 42.6 Å². The van der Waals surface area contributed by atoms with Crippen molar-refractivity contribution in [3.05, 3.63) is 59.7 Å². The van der Waals surface area contributed by atoms with E-state index in [0.29, 0.717) is 18.2 Å². The van der Waals surface area contributed by atoms with Crippen LogP contribution in [0.1, 0.15) is 30.4 Å². The van der Waals surface area contributed by atoms with Gasteiger partial charge in [0.1, 0.15) is 11.5 Å². The van der Waals surface area contributed by atoms with Crippen LogP contribution >= 0.6 is 0 Å². The maximum atomic E-state index is 9.82. The molecule has 3 nitrogen and oxygen atoms in total. The SMILES string of the molecule is COc1ccc(O)c(CNCCC(C)c2ccccc2)c1. The van der Waals surface area contributed by atoms with Gasteiger partial charge in [0.05, 0.1) is 7.11 Å². The number of benzene rings is 2. The molecule has 2 aromatic carbocycles. The Bertz CT molecular complexity index is 554. The molecule has 0 aliphatic carbocycles. The van der Waals surface area contributed by atoms with Crippen LogP contribution in [-0.4, -0.2) is 18.8 Å². The maximum absolute atomic E-state index is 9.82. The van der Waals surface area contributed by atoms with Gasteiger partial charge in [-0.15, -0.1) is 0 Å². The van der Waals surface area contributed by atoms with E-state index < -0.39 is 0 Å². The van der Waals surface area contributed by atoms with Crippen LogP contribution in [0.25, 0.3) is 0 Å². The summed E-state index contributed by atoms with van der Waals surface area (Å²) < 4.78 is 5.17. The molecule has 0 bridgehead atoms. The smallest absolute Gasteiger partial charge is 0.120 e. The van der Waals surface area contributed by atoms with Gasteiger partial charge in [0.15, 0.2) is 0 Å². The zero-order valence-electron chi connectivity index (χ0n) is 12.7. The Morgan fingerprint density at radius 2 is 1.90 bits per heavy atom.